The van der Waals surface area contributed by atoms with E-state index >= 15 is 0 Å². The van der Waals surface area contributed by atoms with E-state index in [0.717, 1.165) is 0 Å². The Morgan fingerprint density at radius 3 is 3.00 bits per heavy atom. The van der Waals surface area contributed by atoms with Crippen LogP contribution >= 0.6 is 0 Å². The molecule has 0 aliphatic rings. The van der Waals surface area contributed by atoms with Crippen LogP contribution in [0.2, 0.25) is 0 Å². The Balaban J connectivity index is 2.58. The molecule has 1 aromatic heterocycles. The predicted octanol–water partition coefficient (Wildman–Crippen LogP) is -0.259. The maximum absolute atomic E-state index is 11.3. The Kier molecular flexibility index (Phi) is 3.22. The molecule has 0 fully saturated rings. The Bertz CT molecular complexity index is 417. The molecule has 1 unspecified atom stereocenters. The van der Waals surface area contributed by atoms with E-state index in [0.29, 0.717) is 5.69 Å². The van der Waals surface area contributed by atoms with E-state index in [1.54, 1.807) is 12.1 Å². The number of nitrogens with one attached hydrogen (secondary N) is 2. The highest BCUT2D eigenvalue weighted by atomic mass is 32.2. The first-order valence-corrected chi connectivity index (χ1v) is 5.47. The quantitative estimate of drug-likeness (QED) is 0.721. The monoisotopic (exact) mass is 214 g/mol. The molecular weight excluding hydrogens is 204 g/mol. The van der Waals surface area contributed by atoms with Gasteiger partial charge in [0.1, 0.15) is 0 Å². The molecule has 0 saturated heterocycles. The van der Waals surface area contributed by atoms with Gasteiger partial charge < -0.3 is 0 Å². The minimum absolute atomic E-state index is 0.119. The van der Waals surface area contributed by atoms with E-state index in [1.165, 1.54) is 13.1 Å². The summed E-state index contributed by atoms with van der Waals surface area (Å²) in [4.78, 5) is 0. The van der Waals surface area contributed by atoms with Crippen LogP contribution in [0.3, 0.4) is 0 Å². The van der Waals surface area contributed by atoms with Crippen LogP contribution in [-0.4, -0.2) is 23.9 Å². The highest BCUT2D eigenvalue weighted by molar-refractivity contribution is 7.90. The van der Waals surface area contributed by atoms with Gasteiger partial charge in [-0.25, -0.2) is 13.1 Å². The first-order chi connectivity index (χ1) is 6.56. The van der Waals surface area contributed by atoms with E-state index in [9.17, 15) is 8.42 Å². The van der Waals surface area contributed by atoms with E-state index in [-0.39, 0.29) is 6.54 Å². The maximum Gasteiger partial charge on any atom is 0.228 e. The zero-order valence-corrected chi connectivity index (χ0v) is 8.37. The average molecular weight is 214 g/mol. The number of nitrogens with zero attached hydrogens (tertiary/aromatic N) is 2. The second-order valence-electron chi connectivity index (χ2n) is 2.72. The van der Waals surface area contributed by atoms with Gasteiger partial charge in [0.2, 0.25) is 10.0 Å². The Labute approximate surface area is 82.0 Å². The van der Waals surface area contributed by atoms with Gasteiger partial charge in [0.25, 0.3) is 0 Å². The smallest absolute Gasteiger partial charge is 0.228 e. The lowest BCUT2D eigenvalue weighted by Crippen LogP contribution is -2.31. The number of rotatable bonds is 4. The molecule has 0 aliphatic heterocycles. The fourth-order valence-corrected chi connectivity index (χ4v) is 1.50. The van der Waals surface area contributed by atoms with Gasteiger partial charge in [0.15, 0.2) is 5.25 Å². The Morgan fingerprint density at radius 2 is 2.50 bits per heavy atom. The lowest BCUT2D eigenvalue weighted by atomic mass is 10.4. The van der Waals surface area contributed by atoms with Crippen molar-refractivity contribution in [2.45, 2.75) is 18.7 Å². The molecule has 6 nitrogen and oxygen atoms in total. The molecule has 1 aromatic rings. The van der Waals surface area contributed by atoms with Gasteiger partial charge in [-0.05, 0) is 13.0 Å². The summed E-state index contributed by atoms with van der Waals surface area (Å²) in [5.41, 5.74) is 0.652. The molecule has 1 rings (SSSR count). The van der Waals surface area contributed by atoms with E-state index in [2.05, 4.69) is 14.9 Å². The van der Waals surface area contributed by atoms with Gasteiger partial charge >= 0.3 is 0 Å². The summed E-state index contributed by atoms with van der Waals surface area (Å²) in [7, 11) is -3.55. The first kappa shape index (κ1) is 10.7. The van der Waals surface area contributed by atoms with Crippen LogP contribution in [0.4, 0.5) is 0 Å². The molecule has 0 bridgehead atoms. The van der Waals surface area contributed by atoms with Gasteiger partial charge in [0.05, 0.1) is 18.3 Å². The molecule has 14 heavy (non-hydrogen) atoms. The van der Waals surface area contributed by atoms with Crippen LogP contribution in [0, 0.1) is 11.3 Å². The number of aromatic amines is 1. The van der Waals surface area contributed by atoms with Crippen molar-refractivity contribution in [3.05, 3.63) is 18.0 Å². The van der Waals surface area contributed by atoms with Crippen LogP contribution in [0.1, 0.15) is 12.6 Å². The second-order valence-corrected chi connectivity index (χ2v) is 4.81. The summed E-state index contributed by atoms with van der Waals surface area (Å²) in [6, 6.07) is 3.31. The second kappa shape index (κ2) is 4.21. The van der Waals surface area contributed by atoms with Gasteiger partial charge in [-0.1, -0.05) is 0 Å². The highest BCUT2D eigenvalue weighted by Crippen LogP contribution is 1.98. The Morgan fingerprint density at radius 1 is 1.79 bits per heavy atom. The summed E-state index contributed by atoms with van der Waals surface area (Å²) in [6.07, 6.45) is 1.53. The minimum Gasteiger partial charge on any atom is -0.281 e. The molecule has 7 heteroatoms. The first-order valence-electron chi connectivity index (χ1n) is 3.92. The number of sulfonamides is 1. The fourth-order valence-electron chi connectivity index (χ4n) is 0.756. The third-order valence-electron chi connectivity index (χ3n) is 1.67. The van der Waals surface area contributed by atoms with E-state index in [4.69, 9.17) is 5.26 Å². The molecule has 76 valence electrons. The lowest BCUT2D eigenvalue weighted by Gasteiger charge is -2.05. The predicted molar refractivity (Wildman–Crippen MR) is 49.4 cm³/mol. The van der Waals surface area contributed by atoms with Gasteiger partial charge in [-0.3, -0.25) is 5.10 Å². The molecule has 0 saturated carbocycles. The van der Waals surface area contributed by atoms with Crippen molar-refractivity contribution >= 4 is 10.0 Å². The molecule has 1 heterocycles. The average Bonchev–Trinajstić information content (AvgIpc) is 2.66. The van der Waals surface area contributed by atoms with Crippen LogP contribution in [-0.2, 0) is 16.6 Å². The number of aromatic nitrogens is 2. The van der Waals surface area contributed by atoms with Crippen molar-refractivity contribution in [2.24, 2.45) is 0 Å². The number of nitriles is 1. The minimum atomic E-state index is -3.55. The topological polar surface area (TPSA) is 98.6 Å². The van der Waals surface area contributed by atoms with Crippen LogP contribution in [0.5, 0.6) is 0 Å². The van der Waals surface area contributed by atoms with Gasteiger partial charge in [-0.15, -0.1) is 0 Å². The Hall–Kier alpha value is -1.39. The fraction of sp³-hybridized carbons (Fsp3) is 0.429. The number of hydrogen-bond donors (Lipinski definition) is 2. The van der Waals surface area contributed by atoms with Crippen LogP contribution < -0.4 is 4.72 Å². The van der Waals surface area contributed by atoms with Crippen molar-refractivity contribution < 1.29 is 8.42 Å². The molecule has 0 amide bonds. The molecule has 0 aliphatic carbocycles. The van der Waals surface area contributed by atoms with Crippen LogP contribution in [0.15, 0.2) is 12.3 Å². The molecule has 1 atom stereocenters. The number of H-pyrrole nitrogens is 1. The van der Waals surface area contributed by atoms with Gasteiger partial charge in [0, 0.05) is 6.20 Å². The molecule has 0 aromatic carbocycles. The lowest BCUT2D eigenvalue weighted by molar-refractivity contribution is 0.576. The summed E-state index contributed by atoms with van der Waals surface area (Å²) in [6.45, 7) is 1.45. The van der Waals surface area contributed by atoms with Crippen molar-refractivity contribution in [3.8, 4) is 6.07 Å². The molecule has 0 spiro atoms. The number of hydrogen-bond acceptors (Lipinski definition) is 4. The highest BCUT2D eigenvalue weighted by Gasteiger charge is 2.19. The summed E-state index contributed by atoms with van der Waals surface area (Å²) < 4.78 is 24.9. The van der Waals surface area contributed by atoms with Crippen molar-refractivity contribution in [1.82, 2.24) is 14.9 Å². The van der Waals surface area contributed by atoms with E-state index in [1.807, 2.05) is 0 Å². The van der Waals surface area contributed by atoms with E-state index < -0.39 is 15.3 Å². The third-order valence-corrected chi connectivity index (χ3v) is 3.25. The molecular formula is C7H10N4O2S. The summed E-state index contributed by atoms with van der Waals surface area (Å²) >= 11 is 0. The SMILES string of the molecule is CC(C#N)S(=O)(=O)NCc1ccn[nH]1. The third kappa shape index (κ3) is 2.55. The zero-order valence-electron chi connectivity index (χ0n) is 7.56. The van der Waals surface area contributed by atoms with Crippen molar-refractivity contribution in [1.29, 1.82) is 5.26 Å². The normalized spacial score (nSPS) is 13.4. The zero-order chi connectivity index (χ0) is 10.6. The molecule has 2 N–H and O–H groups in total. The maximum atomic E-state index is 11.3. The summed E-state index contributed by atoms with van der Waals surface area (Å²) in [5, 5.41) is 13.7. The van der Waals surface area contributed by atoms with Crippen molar-refractivity contribution in [2.75, 3.05) is 0 Å². The van der Waals surface area contributed by atoms with Gasteiger partial charge in [-0.2, -0.15) is 10.4 Å². The van der Waals surface area contributed by atoms with Crippen LogP contribution in [0.25, 0.3) is 0 Å². The van der Waals surface area contributed by atoms with Crippen molar-refractivity contribution in [3.63, 3.8) is 0 Å². The standard InChI is InChI=1S/C7H10N4O2S/c1-6(4-8)14(12,13)10-5-7-2-3-9-11-7/h2-3,6,10H,5H2,1H3,(H,9,11). The largest absolute Gasteiger partial charge is 0.281 e. The summed E-state index contributed by atoms with van der Waals surface area (Å²) in [5.74, 6) is 0. The molecule has 0 radical (unpaired) electrons.